The van der Waals surface area contributed by atoms with Gasteiger partial charge in [-0.05, 0) is 24.3 Å². The summed E-state index contributed by atoms with van der Waals surface area (Å²) in [6.45, 7) is 0. The topological polar surface area (TPSA) is 87.4 Å². The molecule has 0 radical (unpaired) electrons. The van der Waals surface area contributed by atoms with E-state index in [4.69, 9.17) is 23.2 Å². The van der Waals surface area contributed by atoms with Gasteiger partial charge in [0.05, 0.1) is 10.0 Å². The summed E-state index contributed by atoms with van der Waals surface area (Å²) in [7, 11) is 0. The van der Waals surface area contributed by atoms with Crippen molar-refractivity contribution >= 4 is 53.0 Å². The SMILES string of the molecule is O=CC(c1cc(F)c(Cl)cc1F)n1c(O)c(/C=C2\C=Nc3c2ccc(Cl)c3F)[nH]c1=O. The monoisotopic (exact) mass is 467 g/mol. The number of nitrogens with zero attached hydrogens (tertiary/aromatic N) is 2. The highest BCUT2D eigenvalue weighted by atomic mass is 35.5. The molecule has 0 saturated heterocycles. The van der Waals surface area contributed by atoms with Gasteiger partial charge in [0.2, 0.25) is 5.88 Å². The number of aliphatic imine (C=N–C) groups is 1. The molecule has 0 saturated carbocycles. The van der Waals surface area contributed by atoms with Crippen LogP contribution in [0.3, 0.4) is 0 Å². The fraction of sp³-hybridized carbons (Fsp3) is 0.0500. The van der Waals surface area contributed by atoms with Crippen molar-refractivity contribution in [2.75, 3.05) is 0 Å². The van der Waals surface area contributed by atoms with Crippen molar-refractivity contribution in [2.24, 2.45) is 4.99 Å². The summed E-state index contributed by atoms with van der Waals surface area (Å²) < 4.78 is 42.8. The van der Waals surface area contributed by atoms with Crippen molar-refractivity contribution < 1.29 is 23.1 Å². The van der Waals surface area contributed by atoms with E-state index in [-0.39, 0.29) is 22.7 Å². The molecule has 1 aromatic heterocycles. The Bertz CT molecular complexity index is 1360. The average Bonchev–Trinajstić information content (AvgIpc) is 3.25. The van der Waals surface area contributed by atoms with Crippen LogP contribution < -0.4 is 5.69 Å². The summed E-state index contributed by atoms with van der Waals surface area (Å²) in [6, 6.07) is 2.48. The average molecular weight is 468 g/mol. The molecule has 6 nitrogen and oxygen atoms in total. The number of H-pyrrole nitrogens is 1. The number of halogens is 5. The van der Waals surface area contributed by atoms with Crippen molar-refractivity contribution in [2.45, 2.75) is 6.04 Å². The van der Waals surface area contributed by atoms with Gasteiger partial charge in [-0.15, -0.1) is 0 Å². The molecule has 31 heavy (non-hydrogen) atoms. The number of allylic oxidation sites excluding steroid dienone is 1. The molecule has 0 bridgehead atoms. The van der Waals surface area contributed by atoms with Crippen LogP contribution in [0.25, 0.3) is 11.6 Å². The third kappa shape index (κ3) is 3.45. The van der Waals surface area contributed by atoms with E-state index >= 15 is 0 Å². The normalized spacial score (nSPS) is 14.8. The van der Waals surface area contributed by atoms with Crippen LogP contribution in [0.5, 0.6) is 5.88 Å². The van der Waals surface area contributed by atoms with Crippen LogP contribution in [0.4, 0.5) is 18.9 Å². The van der Waals surface area contributed by atoms with Crippen LogP contribution in [-0.4, -0.2) is 27.2 Å². The van der Waals surface area contributed by atoms with Gasteiger partial charge in [0.1, 0.15) is 35.3 Å². The summed E-state index contributed by atoms with van der Waals surface area (Å²) in [5.74, 6) is -3.49. The standard InChI is InChI=1S/C20H10Cl2F3N3O3/c21-11-2-1-9-8(6-26-18(9)17(11)25)3-15-19(30)28(20(31)27-15)16(7-29)10-4-14(24)12(22)5-13(10)23/h1-7,16,30H,(H,27,31)/b8-3+. The molecule has 0 spiro atoms. The minimum absolute atomic E-state index is 0.00972. The molecule has 3 aromatic rings. The number of aromatic hydroxyl groups is 1. The van der Waals surface area contributed by atoms with Crippen molar-refractivity contribution in [3.8, 4) is 5.88 Å². The number of carbonyl (C=O) groups excluding carboxylic acids is 1. The number of aromatic amines is 1. The van der Waals surface area contributed by atoms with Gasteiger partial charge in [-0.25, -0.2) is 22.5 Å². The highest BCUT2D eigenvalue weighted by Gasteiger charge is 2.26. The lowest BCUT2D eigenvalue weighted by atomic mass is 10.1. The molecule has 0 fully saturated rings. The molecule has 0 amide bonds. The summed E-state index contributed by atoms with van der Waals surface area (Å²) in [5.41, 5.74) is -0.945. The summed E-state index contributed by atoms with van der Waals surface area (Å²) in [6.07, 6.45) is 2.75. The molecule has 2 N–H and O–H groups in total. The number of fused-ring (bicyclic) bond motifs is 1. The summed E-state index contributed by atoms with van der Waals surface area (Å²) >= 11 is 11.3. The number of hydrogen-bond acceptors (Lipinski definition) is 4. The predicted octanol–water partition coefficient (Wildman–Crippen LogP) is 4.65. The van der Waals surface area contributed by atoms with Gasteiger partial charge in [-0.1, -0.05) is 29.3 Å². The molecule has 0 aliphatic carbocycles. The second-order valence-electron chi connectivity index (χ2n) is 6.52. The van der Waals surface area contributed by atoms with Gasteiger partial charge >= 0.3 is 5.69 Å². The molecule has 1 atom stereocenters. The maximum Gasteiger partial charge on any atom is 0.329 e. The Kier molecular flexibility index (Phi) is 5.24. The van der Waals surface area contributed by atoms with E-state index in [0.29, 0.717) is 27.8 Å². The first-order chi connectivity index (χ1) is 14.7. The number of imidazole rings is 1. The Morgan fingerprint density at radius 1 is 1.13 bits per heavy atom. The zero-order valence-electron chi connectivity index (χ0n) is 15.2. The molecule has 11 heteroatoms. The van der Waals surface area contributed by atoms with Gasteiger partial charge in [-0.2, -0.15) is 0 Å². The third-order valence-corrected chi connectivity index (χ3v) is 5.29. The first kappa shape index (κ1) is 21.0. The van der Waals surface area contributed by atoms with Gasteiger partial charge in [0, 0.05) is 22.9 Å². The van der Waals surface area contributed by atoms with Crippen molar-refractivity contribution in [1.82, 2.24) is 9.55 Å². The first-order valence-corrected chi connectivity index (χ1v) is 9.35. The minimum atomic E-state index is -1.68. The fourth-order valence-electron chi connectivity index (χ4n) is 3.23. The van der Waals surface area contributed by atoms with Crippen molar-refractivity contribution in [1.29, 1.82) is 0 Å². The van der Waals surface area contributed by atoms with Gasteiger partial charge < -0.3 is 14.9 Å². The number of aromatic nitrogens is 2. The Balaban J connectivity index is 1.81. The van der Waals surface area contributed by atoms with E-state index in [1.54, 1.807) is 0 Å². The molecular weight excluding hydrogens is 458 g/mol. The van der Waals surface area contributed by atoms with E-state index in [1.165, 1.54) is 24.4 Å². The van der Waals surface area contributed by atoms with Crippen molar-refractivity contribution in [3.05, 3.63) is 79.1 Å². The Labute approximate surface area is 181 Å². The van der Waals surface area contributed by atoms with Crippen LogP contribution in [0.1, 0.15) is 22.9 Å². The van der Waals surface area contributed by atoms with Gasteiger partial charge in [0.15, 0.2) is 5.82 Å². The van der Waals surface area contributed by atoms with E-state index in [2.05, 4.69) is 9.98 Å². The van der Waals surface area contributed by atoms with Crippen molar-refractivity contribution in [3.63, 3.8) is 0 Å². The predicted molar refractivity (Wildman–Crippen MR) is 110 cm³/mol. The van der Waals surface area contributed by atoms with E-state index in [1.807, 2.05) is 0 Å². The number of benzene rings is 2. The highest BCUT2D eigenvalue weighted by molar-refractivity contribution is 6.32. The third-order valence-electron chi connectivity index (χ3n) is 4.71. The zero-order valence-corrected chi connectivity index (χ0v) is 16.7. The lowest BCUT2D eigenvalue weighted by Crippen LogP contribution is -2.24. The molecule has 1 aliphatic heterocycles. The molecule has 1 aliphatic rings. The molecule has 2 heterocycles. The van der Waals surface area contributed by atoms with E-state index in [0.717, 1.165) is 0 Å². The van der Waals surface area contributed by atoms with E-state index in [9.17, 15) is 27.9 Å². The number of nitrogens with one attached hydrogen (secondary N) is 1. The molecule has 158 valence electrons. The number of hydrogen-bond donors (Lipinski definition) is 2. The number of carbonyl (C=O) groups is 1. The Morgan fingerprint density at radius 3 is 2.58 bits per heavy atom. The van der Waals surface area contributed by atoms with E-state index < -0.39 is 45.6 Å². The zero-order chi connectivity index (χ0) is 22.4. The highest BCUT2D eigenvalue weighted by Crippen LogP contribution is 2.38. The Morgan fingerprint density at radius 2 is 1.87 bits per heavy atom. The second kappa shape index (κ2) is 7.75. The maximum atomic E-state index is 14.3. The lowest BCUT2D eigenvalue weighted by molar-refractivity contribution is -0.109. The number of rotatable bonds is 4. The van der Waals surface area contributed by atoms with Crippen LogP contribution in [0, 0.1) is 17.5 Å². The molecule has 4 rings (SSSR count). The van der Waals surface area contributed by atoms with Gasteiger partial charge in [0.25, 0.3) is 0 Å². The van der Waals surface area contributed by atoms with Crippen LogP contribution in [0.15, 0.2) is 34.1 Å². The van der Waals surface area contributed by atoms with Crippen LogP contribution in [0.2, 0.25) is 10.0 Å². The lowest BCUT2D eigenvalue weighted by Gasteiger charge is -2.14. The smallest absolute Gasteiger partial charge is 0.329 e. The maximum absolute atomic E-state index is 14.3. The number of aldehydes is 1. The molecular formula is C20H10Cl2F3N3O3. The molecule has 2 aromatic carbocycles. The molecule has 1 unspecified atom stereocenters. The summed E-state index contributed by atoms with van der Waals surface area (Å²) in [4.78, 5) is 30.3. The fourth-order valence-corrected chi connectivity index (χ4v) is 3.53. The minimum Gasteiger partial charge on any atom is -0.493 e. The van der Waals surface area contributed by atoms with Crippen LogP contribution >= 0.6 is 23.2 Å². The second-order valence-corrected chi connectivity index (χ2v) is 7.34. The summed E-state index contributed by atoms with van der Waals surface area (Å²) in [5, 5.41) is 9.91. The Hall–Kier alpha value is -3.30. The van der Waals surface area contributed by atoms with Crippen LogP contribution in [-0.2, 0) is 4.79 Å². The quantitative estimate of drug-likeness (QED) is 0.432. The first-order valence-electron chi connectivity index (χ1n) is 8.60. The van der Waals surface area contributed by atoms with Gasteiger partial charge in [-0.3, -0.25) is 4.99 Å². The largest absolute Gasteiger partial charge is 0.493 e.